The average molecular weight is 246 g/mol. The maximum atomic E-state index is 11.4. The van der Waals surface area contributed by atoms with Gasteiger partial charge >= 0.3 is 5.69 Å². The number of aromatic amines is 2. The zero-order valence-corrected chi connectivity index (χ0v) is 9.53. The van der Waals surface area contributed by atoms with Gasteiger partial charge in [-0.2, -0.15) is 5.26 Å². The van der Waals surface area contributed by atoms with Gasteiger partial charge in [-0.05, 0) is 6.07 Å². The van der Waals surface area contributed by atoms with Crippen LogP contribution >= 0.6 is 0 Å². The highest BCUT2D eigenvalue weighted by Crippen LogP contribution is 2.28. The topological polar surface area (TPSA) is 111 Å². The van der Waals surface area contributed by atoms with Crippen molar-refractivity contribution in [3.05, 3.63) is 22.6 Å². The van der Waals surface area contributed by atoms with Crippen LogP contribution in [0.2, 0.25) is 0 Å². The second-order valence-electron chi connectivity index (χ2n) is 3.56. The monoisotopic (exact) mass is 246 g/mol. The Hall–Kier alpha value is -2.75. The molecule has 0 aliphatic heterocycles. The molecule has 0 saturated heterocycles. The molecule has 0 spiro atoms. The van der Waals surface area contributed by atoms with Crippen LogP contribution in [0, 0.1) is 11.3 Å². The number of imidazole rings is 1. The molecule has 92 valence electrons. The number of carbonyl (C=O) groups excluding carboxylic acids is 1. The fourth-order valence-corrected chi connectivity index (χ4v) is 1.60. The molecular formula is C11H10N4O3. The number of nitrogens with zero attached hydrogens (tertiary/aromatic N) is 1. The van der Waals surface area contributed by atoms with E-state index in [1.807, 2.05) is 0 Å². The van der Waals surface area contributed by atoms with Crippen molar-refractivity contribution in [2.24, 2.45) is 0 Å². The van der Waals surface area contributed by atoms with Crippen LogP contribution in [0.25, 0.3) is 11.0 Å². The first kappa shape index (κ1) is 11.7. The summed E-state index contributed by atoms with van der Waals surface area (Å²) in [6, 6.07) is 4.91. The van der Waals surface area contributed by atoms with Crippen LogP contribution < -0.4 is 15.7 Å². The zero-order chi connectivity index (χ0) is 13.1. The van der Waals surface area contributed by atoms with Gasteiger partial charge in [-0.1, -0.05) is 0 Å². The first-order valence-electron chi connectivity index (χ1n) is 5.11. The third-order valence-corrected chi connectivity index (χ3v) is 2.35. The van der Waals surface area contributed by atoms with Gasteiger partial charge in [0.05, 0.1) is 29.9 Å². The number of carbonyl (C=O) groups is 1. The van der Waals surface area contributed by atoms with Gasteiger partial charge in [-0.15, -0.1) is 0 Å². The quantitative estimate of drug-likeness (QED) is 0.740. The molecule has 0 unspecified atom stereocenters. The lowest BCUT2D eigenvalue weighted by atomic mass is 10.2. The summed E-state index contributed by atoms with van der Waals surface area (Å²) in [5, 5.41) is 11.0. The Balaban J connectivity index is 2.45. The minimum atomic E-state index is -0.437. The third kappa shape index (κ3) is 2.17. The van der Waals surface area contributed by atoms with E-state index in [0.29, 0.717) is 22.5 Å². The summed E-state index contributed by atoms with van der Waals surface area (Å²) in [7, 11) is 1.45. The van der Waals surface area contributed by atoms with Crippen molar-refractivity contribution in [3.63, 3.8) is 0 Å². The fourth-order valence-electron chi connectivity index (χ4n) is 1.60. The molecule has 7 heteroatoms. The Morgan fingerprint density at radius 1 is 1.44 bits per heavy atom. The van der Waals surface area contributed by atoms with Crippen molar-refractivity contribution in [3.8, 4) is 11.8 Å². The molecule has 0 atom stereocenters. The third-order valence-electron chi connectivity index (χ3n) is 2.35. The molecule has 0 aliphatic carbocycles. The summed E-state index contributed by atoms with van der Waals surface area (Å²) >= 11 is 0. The number of hydrogen-bond donors (Lipinski definition) is 3. The van der Waals surface area contributed by atoms with Crippen molar-refractivity contribution in [2.75, 3.05) is 12.4 Å². The van der Waals surface area contributed by atoms with Gasteiger partial charge in [-0.3, -0.25) is 4.79 Å². The standard InChI is InChI=1S/C11H10N4O3/c1-18-9-5-7-6(14-11(17)15-7)4-8(9)13-10(16)2-3-12/h4-5H,2H2,1H3,(H,13,16)(H2,14,15,17). The number of ether oxygens (including phenoxy) is 1. The smallest absolute Gasteiger partial charge is 0.323 e. The lowest BCUT2D eigenvalue weighted by molar-refractivity contribution is -0.115. The van der Waals surface area contributed by atoms with Gasteiger partial charge in [0.1, 0.15) is 12.2 Å². The summed E-state index contributed by atoms with van der Waals surface area (Å²) in [5.41, 5.74) is 1.19. The Morgan fingerprint density at radius 3 is 2.72 bits per heavy atom. The average Bonchev–Trinajstić information content (AvgIpc) is 2.67. The summed E-state index contributed by atoms with van der Waals surface area (Å²) in [6.45, 7) is 0. The highest BCUT2D eigenvalue weighted by atomic mass is 16.5. The second-order valence-corrected chi connectivity index (χ2v) is 3.56. The highest BCUT2D eigenvalue weighted by Gasteiger charge is 2.10. The van der Waals surface area contributed by atoms with Crippen molar-refractivity contribution in [2.45, 2.75) is 6.42 Å². The number of aromatic nitrogens is 2. The molecule has 0 saturated carbocycles. The van der Waals surface area contributed by atoms with Crippen molar-refractivity contribution in [1.29, 1.82) is 5.26 Å². The fraction of sp³-hybridized carbons (Fsp3) is 0.182. The number of fused-ring (bicyclic) bond motifs is 1. The lowest BCUT2D eigenvalue weighted by Gasteiger charge is -2.09. The molecular weight excluding hydrogens is 236 g/mol. The normalized spacial score (nSPS) is 10.0. The minimum absolute atomic E-state index is 0.245. The van der Waals surface area contributed by atoms with E-state index < -0.39 is 5.91 Å². The number of hydrogen-bond acceptors (Lipinski definition) is 4. The summed E-state index contributed by atoms with van der Waals surface area (Å²) in [5.74, 6) is -0.0305. The molecule has 3 N–H and O–H groups in total. The molecule has 0 bridgehead atoms. The van der Waals surface area contributed by atoms with Gasteiger partial charge in [0.2, 0.25) is 5.91 Å². The largest absolute Gasteiger partial charge is 0.494 e. The van der Waals surface area contributed by atoms with Crippen molar-refractivity contribution < 1.29 is 9.53 Å². The molecule has 0 fully saturated rings. The van der Waals surface area contributed by atoms with E-state index in [1.165, 1.54) is 7.11 Å². The van der Waals surface area contributed by atoms with Crippen LogP contribution in [0.1, 0.15) is 6.42 Å². The van der Waals surface area contributed by atoms with Gasteiger partial charge in [0.25, 0.3) is 0 Å². The molecule has 0 aliphatic rings. The Labute approximate surface area is 101 Å². The summed E-state index contributed by atoms with van der Waals surface area (Å²) in [6.07, 6.45) is -0.245. The Bertz CT molecular complexity index is 692. The molecule has 2 aromatic rings. The maximum absolute atomic E-state index is 11.4. The van der Waals surface area contributed by atoms with E-state index >= 15 is 0 Å². The number of H-pyrrole nitrogens is 2. The molecule has 18 heavy (non-hydrogen) atoms. The van der Waals surface area contributed by atoms with Crippen LogP contribution in [0.4, 0.5) is 5.69 Å². The minimum Gasteiger partial charge on any atom is -0.494 e. The number of amides is 1. The van der Waals surface area contributed by atoms with Crippen LogP contribution in [-0.4, -0.2) is 23.0 Å². The number of benzene rings is 1. The molecule has 1 amide bonds. The van der Waals surface area contributed by atoms with Crippen LogP contribution in [-0.2, 0) is 4.79 Å². The van der Waals surface area contributed by atoms with Gasteiger partial charge in [0, 0.05) is 6.07 Å². The maximum Gasteiger partial charge on any atom is 0.323 e. The van der Waals surface area contributed by atoms with E-state index in [4.69, 9.17) is 10.00 Å². The van der Waals surface area contributed by atoms with Crippen molar-refractivity contribution >= 4 is 22.6 Å². The number of nitrogens with one attached hydrogen (secondary N) is 3. The predicted molar refractivity (Wildman–Crippen MR) is 64.3 cm³/mol. The van der Waals surface area contributed by atoms with E-state index in [-0.39, 0.29) is 12.1 Å². The van der Waals surface area contributed by atoms with Gasteiger partial charge in [0.15, 0.2) is 0 Å². The molecule has 1 heterocycles. The summed E-state index contributed by atoms with van der Waals surface area (Å²) in [4.78, 5) is 27.7. The van der Waals surface area contributed by atoms with E-state index in [0.717, 1.165) is 0 Å². The molecule has 0 radical (unpaired) electrons. The predicted octanol–water partition coefficient (Wildman–Crippen LogP) is 0.717. The van der Waals surface area contributed by atoms with Gasteiger partial charge < -0.3 is 20.0 Å². The molecule has 2 rings (SSSR count). The Kier molecular flexibility index (Phi) is 3.02. The highest BCUT2D eigenvalue weighted by molar-refractivity contribution is 5.96. The van der Waals surface area contributed by atoms with Gasteiger partial charge in [-0.25, -0.2) is 4.79 Å². The lowest BCUT2D eigenvalue weighted by Crippen LogP contribution is -2.11. The first-order valence-corrected chi connectivity index (χ1v) is 5.11. The van der Waals surface area contributed by atoms with Crippen LogP contribution in [0.5, 0.6) is 5.75 Å². The number of methoxy groups -OCH3 is 1. The van der Waals surface area contributed by atoms with Crippen molar-refractivity contribution in [1.82, 2.24) is 9.97 Å². The first-order chi connectivity index (χ1) is 8.63. The number of anilines is 1. The van der Waals surface area contributed by atoms with Crippen LogP contribution in [0.15, 0.2) is 16.9 Å². The zero-order valence-electron chi connectivity index (χ0n) is 9.53. The number of rotatable bonds is 3. The molecule has 1 aromatic carbocycles. The van der Waals surface area contributed by atoms with E-state index in [9.17, 15) is 9.59 Å². The van der Waals surface area contributed by atoms with E-state index in [2.05, 4.69) is 15.3 Å². The van der Waals surface area contributed by atoms with E-state index in [1.54, 1.807) is 18.2 Å². The SMILES string of the molecule is COc1cc2[nH]c(=O)[nH]c2cc1NC(=O)CC#N. The molecule has 1 aromatic heterocycles. The molecule has 7 nitrogen and oxygen atoms in total. The second kappa shape index (κ2) is 4.63. The number of nitriles is 1. The Morgan fingerprint density at radius 2 is 2.11 bits per heavy atom. The summed E-state index contributed by atoms with van der Waals surface area (Å²) < 4.78 is 5.11. The van der Waals surface area contributed by atoms with Crippen LogP contribution in [0.3, 0.4) is 0 Å².